The number of aromatic nitrogens is 2. The van der Waals surface area contributed by atoms with Gasteiger partial charge in [-0.15, -0.1) is 0 Å². The van der Waals surface area contributed by atoms with Gasteiger partial charge in [-0.25, -0.2) is 0 Å². The summed E-state index contributed by atoms with van der Waals surface area (Å²) in [6.07, 6.45) is 5.82. The number of nitrogens with one attached hydrogen (secondary N) is 1. The molecule has 0 amide bonds. The molecular formula is C11H13N3. The number of aryl methyl sites for hydroxylation is 1. The summed E-state index contributed by atoms with van der Waals surface area (Å²) in [5.41, 5.74) is 8.92. The normalized spacial score (nSPS) is 11.6. The molecule has 3 nitrogen and oxygen atoms in total. The fourth-order valence-electron chi connectivity index (χ4n) is 1.49. The summed E-state index contributed by atoms with van der Waals surface area (Å²) < 4.78 is 0. The van der Waals surface area contributed by atoms with Crippen molar-refractivity contribution in [3.8, 4) is 0 Å². The van der Waals surface area contributed by atoms with Crippen molar-refractivity contribution >= 4 is 17.0 Å². The molecule has 1 aromatic carbocycles. The zero-order valence-electron chi connectivity index (χ0n) is 8.12. The highest BCUT2D eigenvalue weighted by Crippen LogP contribution is 2.18. The van der Waals surface area contributed by atoms with Gasteiger partial charge in [0.05, 0.1) is 11.7 Å². The molecule has 0 unspecified atom stereocenters. The minimum Gasteiger partial charge on any atom is -0.327 e. The minimum atomic E-state index is 0.572. The second kappa shape index (κ2) is 3.64. The SMILES string of the molecule is Cc1cc2[nH]ncc2cc1C=CCN. The summed E-state index contributed by atoms with van der Waals surface area (Å²) in [5, 5.41) is 8.07. The first kappa shape index (κ1) is 8.97. The molecule has 1 aromatic heterocycles. The Balaban J connectivity index is 2.53. The van der Waals surface area contributed by atoms with Crippen LogP contribution in [0.1, 0.15) is 11.1 Å². The van der Waals surface area contributed by atoms with Crippen LogP contribution >= 0.6 is 0 Å². The Morgan fingerprint density at radius 3 is 3.14 bits per heavy atom. The highest BCUT2D eigenvalue weighted by Gasteiger charge is 1.99. The summed E-state index contributed by atoms with van der Waals surface area (Å²) in [5.74, 6) is 0. The van der Waals surface area contributed by atoms with Crippen LogP contribution in [0.25, 0.3) is 17.0 Å². The lowest BCUT2D eigenvalue weighted by Crippen LogP contribution is -1.92. The van der Waals surface area contributed by atoms with Crippen LogP contribution in [-0.2, 0) is 0 Å². The van der Waals surface area contributed by atoms with Gasteiger partial charge >= 0.3 is 0 Å². The Hall–Kier alpha value is -1.61. The van der Waals surface area contributed by atoms with Crippen molar-refractivity contribution in [3.05, 3.63) is 35.5 Å². The smallest absolute Gasteiger partial charge is 0.0653 e. The summed E-state index contributed by atoms with van der Waals surface area (Å²) in [7, 11) is 0. The summed E-state index contributed by atoms with van der Waals surface area (Å²) in [6, 6.07) is 4.21. The van der Waals surface area contributed by atoms with E-state index >= 15 is 0 Å². The number of nitrogens with zero attached hydrogens (tertiary/aromatic N) is 1. The van der Waals surface area contributed by atoms with E-state index in [1.165, 1.54) is 11.1 Å². The lowest BCUT2D eigenvalue weighted by atomic mass is 10.1. The van der Waals surface area contributed by atoms with Gasteiger partial charge in [0.25, 0.3) is 0 Å². The maximum absolute atomic E-state index is 5.41. The maximum Gasteiger partial charge on any atom is 0.0653 e. The number of aromatic amines is 1. The average molecular weight is 187 g/mol. The zero-order chi connectivity index (χ0) is 9.97. The predicted molar refractivity (Wildman–Crippen MR) is 58.9 cm³/mol. The van der Waals surface area contributed by atoms with Crippen molar-refractivity contribution in [1.29, 1.82) is 0 Å². The third-order valence-corrected chi connectivity index (χ3v) is 2.26. The Kier molecular flexibility index (Phi) is 2.33. The Labute approximate surface area is 82.6 Å². The first-order valence-electron chi connectivity index (χ1n) is 4.61. The van der Waals surface area contributed by atoms with Crippen LogP contribution in [0.2, 0.25) is 0 Å². The van der Waals surface area contributed by atoms with Crippen LogP contribution < -0.4 is 5.73 Å². The Morgan fingerprint density at radius 1 is 1.50 bits per heavy atom. The fourth-order valence-corrected chi connectivity index (χ4v) is 1.49. The number of rotatable bonds is 2. The molecule has 2 aromatic rings. The number of nitrogens with two attached hydrogens (primary N) is 1. The van der Waals surface area contributed by atoms with Crippen LogP contribution in [0.15, 0.2) is 24.4 Å². The lowest BCUT2D eigenvalue weighted by molar-refractivity contribution is 1.12. The van der Waals surface area contributed by atoms with E-state index in [-0.39, 0.29) is 0 Å². The highest BCUT2D eigenvalue weighted by atomic mass is 15.1. The molecule has 3 heteroatoms. The summed E-state index contributed by atoms with van der Waals surface area (Å²) >= 11 is 0. The standard InChI is InChI=1S/C11H13N3/c1-8-5-11-10(7-13-14-11)6-9(8)3-2-4-12/h2-3,5-7H,4,12H2,1H3,(H,13,14). The molecule has 0 atom stereocenters. The van der Waals surface area contributed by atoms with E-state index in [1.54, 1.807) is 0 Å². The summed E-state index contributed by atoms with van der Waals surface area (Å²) in [6.45, 7) is 2.65. The molecule has 3 N–H and O–H groups in total. The van der Waals surface area contributed by atoms with E-state index < -0.39 is 0 Å². The van der Waals surface area contributed by atoms with Crippen molar-refractivity contribution < 1.29 is 0 Å². The van der Waals surface area contributed by atoms with Crippen LogP contribution in [0.3, 0.4) is 0 Å². The maximum atomic E-state index is 5.41. The molecule has 0 aliphatic carbocycles. The minimum absolute atomic E-state index is 0.572. The topological polar surface area (TPSA) is 54.7 Å². The van der Waals surface area contributed by atoms with E-state index in [0.29, 0.717) is 6.54 Å². The molecule has 1 heterocycles. The predicted octanol–water partition coefficient (Wildman–Crippen LogP) is 1.84. The van der Waals surface area contributed by atoms with Crippen LogP contribution in [0.5, 0.6) is 0 Å². The van der Waals surface area contributed by atoms with E-state index in [2.05, 4.69) is 29.3 Å². The molecule has 14 heavy (non-hydrogen) atoms. The third-order valence-electron chi connectivity index (χ3n) is 2.26. The van der Waals surface area contributed by atoms with Gasteiger partial charge in [0.15, 0.2) is 0 Å². The number of H-pyrrole nitrogens is 1. The van der Waals surface area contributed by atoms with Gasteiger partial charge in [-0.2, -0.15) is 5.10 Å². The molecule has 0 fully saturated rings. The van der Waals surface area contributed by atoms with E-state index in [9.17, 15) is 0 Å². The van der Waals surface area contributed by atoms with Crippen molar-refractivity contribution in [2.24, 2.45) is 5.73 Å². The molecule has 0 aliphatic heterocycles. The van der Waals surface area contributed by atoms with Crippen molar-refractivity contribution in [1.82, 2.24) is 10.2 Å². The Bertz CT molecular complexity index is 468. The summed E-state index contributed by atoms with van der Waals surface area (Å²) in [4.78, 5) is 0. The molecule has 0 aliphatic rings. The molecule has 0 radical (unpaired) electrons. The first-order chi connectivity index (χ1) is 6.81. The van der Waals surface area contributed by atoms with Gasteiger partial charge in [0.2, 0.25) is 0 Å². The van der Waals surface area contributed by atoms with Crippen LogP contribution in [-0.4, -0.2) is 16.7 Å². The number of benzene rings is 1. The van der Waals surface area contributed by atoms with E-state index in [0.717, 1.165) is 10.9 Å². The van der Waals surface area contributed by atoms with Gasteiger partial charge in [-0.1, -0.05) is 12.2 Å². The second-order valence-electron chi connectivity index (χ2n) is 3.30. The van der Waals surface area contributed by atoms with E-state index in [4.69, 9.17) is 5.73 Å². The Morgan fingerprint density at radius 2 is 2.36 bits per heavy atom. The van der Waals surface area contributed by atoms with E-state index in [1.807, 2.05) is 18.3 Å². The fraction of sp³-hybridized carbons (Fsp3) is 0.182. The average Bonchev–Trinajstić information content (AvgIpc) is 2.61. The van der Waals surface area contributed by atoms with Crippen molar-refractivity contribution in [2.75, 3.05) is 6.54 Å². The van der Waals surface area contributed by atoms with Crippen molar-refractivity contribution in [3.63, 3.8) is 0 Å². The van der Waals surface area contributed by atoms with Crippen LogP contribution in [0.4, 0.5) is 0 Å². The van der Waals surface area contributed by atoms with Gasteiger partial charge in [-0.05, 0) is 30.2 Å². The second-order valence-corrected chi connectivity index (χ2v) is 3.30. The number of hydrogen-bond acceptors (Lipinski definition) is 2. The molecule has 0 saturated carbocycles. The van der Waals surface area contributed by atoms with Gasteiger partial charge in [-0.3, -0.25) is 5.10 Å². The first-order valence-corrected chi connectivity index (χ1v) is 4.61. The molecule has 0 saturated heterocycles. The van der Waals surface area contributed by atoms with Gasteiger partial charge in [0, 0.05) is 11.9 Å². The van der Waals surface area contributed by atoms with Gasteiger partial charge < -0.3 is 5.73 Å². The molecular weight excluding hydrogens is 174 g/mol. The largest absolute Gasteiger partial charge is 0.327 e. The number of hydrogen-bond donors (Lipinski definition) is 2. The van der Waals surface area contributed by atoms with Crippen LogP contribution in [0, 0.1) is 6.92 Å². The highest BCUT2D eigenvalue weighted by molar-refractivity contribution is 5.82. The zero-order valence-corrected chi connectivity index (χ0v) is 8.12. The molecule has 2 rings (SSSR count). The number of fused-ring (bicyclic) bond motifs is 1. The van der Waals surface area contributed by atoms with Crippen molar-refractivity contribution in [2.45, 2.75) is 6.92 Å². The van der Waals surface area contributed by atoms with Gasteiger partial charge in [0.1, 0.15) is 0 Å². The monoisotopic (exact) mass is 187 g/mol. The molecule has 0 bridgehead atoms. The molecule has 0 spiro atoms. The quantitative estimate of drug-likeness (QED) is 0.753. The third kappa shape index (κ3) is 1.54. The molecule has 72 valence electrons. The lowest BCUT2D eigenvalue weighted by Gasteiger charge is -1.99.